The highest BCUT2D eigenvalue weighted by atomic mass is 16.4. The monoisotopic (exact) mass is 185 g/mol. The zero-order valence-electron chi connectivity index (χ0n) is 7.70. The van der Waals surface area contributed by atoms with Crippen molar-refractivity contribution in [2.45, 2.75) is 20.8 Å². The van der Waals surface area contributed by atoms with Crippen LogP contribution in [-0.2, 0) is 14.4 Å². The van der Waals surface area contributed by atoms with E-state index in [0.29, 0.717) is 4.90 Å². The number of amides is 2. The number of carbonyl (C=O) groups excluding carboxylic acids is 2. The summed E-state index contributed by atoms with van der Waals surface area (Å²) >= 11 is 0. The Morgan fingerprint density at radius 2 is 1.54 bits per heavy atom. The second-order valence-corrected chi connectivity index (χ2v) is 2.35. The van der Waals surface area contributed by atoms with Gasteiger partial charge in [0.25, 0.3) is 0 Å². The van der Waals surface area contributed by atoms with Crippen molar-refractivity contribution in [2.24, 2.45) is 0 Å². The van der Waals surface area contributed by atoms with Gasteiger partial charge in [0.2, 0.25) is 11.8 Å². The smallest absolute Gasteiger partial charge is 0.352 e. The van der Waals surface area contributed by atoms with E-state index in [2.05, 4.69) is 0 Å². The standard InChI is InChI=1S/C8H11NO4/c1-4-7(8(12)13)9(5(2)10)6(3)11/h4H,1-3H3,(H,12,13)/b7-4-. The van der Waals surface area contributed by atoms with Gasteiger partial charge in [-0.05, 0) is 6.92 Å². The van der Waals surface area contributed by atoms with E-state index in [1.807, 2.05) is 0 Å². The first-order chi connectivity index (χ1) is 5.91. The number of hydrogen-bond acceptors (Lipinski definition) is 3. The van der Waals surface area contributed by atoms with Crippen molar-refractivity contribution in [3.05, 3.63) is 11.8 Å². The molecule has 0 aliphatic rings. The van der Waals surface area contributed by atoms with Crippen molar-refractivity contribution < 1.29 is 19.5 Å². The predicted molar refractivity (Wildman–Crippen MR) is 44.6 cm³/mol. The maximum atomic E-state index is 10.9. The Bertz CT molecular complexity index is 266. The van der Waals surface area contributed by atoms with E-state index in [1.165, 1.54) is 13.0 Å². The number of nitrogens with zero attached hydrogens (tertiary/aromatic N) is 1. The molecule has 2 amide bonds. The van der Waals surface area contributed by atoms with Crippen LogP contribution in [0.15, 0.2) is 11.8 Å². The molecule has 0 aromatic carbocycles. The first kappa shape index (κ1) is 11.4. The normalized spacial score (nSPS) is 10.8. The van der Waals surface area contributed by atoms with Crippen LogP contribution >= 0.6 is 0 Å². The number of hydrogen-bond donors (Lipinski definition) is 1. The predicted octanol–water partition coefficient (Wildman–Crippen LogP) is 0.370. The van der Waals surface area contributed by atoms with Crippen LogP contribution in [0.25, 0.3) is 0 Å². The molecule has 0 aliphatic heterocycles. The maximum absolute atomic E-state index is 10.9. The van der Waals surface area contributed by atoms with Crippen LogP contribution in [0.2, 0.25) is 0 Å². The molecule has 0 aliphatic carbocycles. The molecule has 5 nitrogen and oxygen atoms in total. The summed E-state index contributed by atoms with van der Waals surface area (Å²) in [7, 11) is 0. The fourth-order valence-electron chi connectivity index (χ4n) is 0.909. The highest BCUT2D eigenvalue weighted by Gasteiger charge is 2.22. The molecule has 0 spiro atoms. The maximum Gasteiger partial charge on any atom is 0.352 e. The molecule has 0 aromatic rings. The molecule has 0 heterocycles. The van der Waals surface area contributed by atoms with Crippen molar-refractivity contribution in [3.8, 4) is 0 Å². The Balaban J connectivity index is 5.05. The molecule has 72 valence electrons. The third kappa shape index (κ3) is 2.70. The van der Waals surface area contributed by atoms with Gasteiger partial charge in [-0.25, -0.2) is 9.69 Å². The Kier molecular flexibility index (Phi) is 3.84. The van der Waals surface area contributed by atoms with Crippen LogP contribution < -0.4 is 0 Å². The van der Waals surface area contributed by atoms with Crippen molar-refractivity contribution in [1.29, 1.82) is 0 Å². The van der Waals surface area contributed by atoms with Crippen LogP contribution in [0.5, 0.6) is 0 Å². The summed E-state index contributed by atoms with van der Waals surface area (Å²) in [5.74, 6) is -2.51. The van der Waals surface area contributed by atoms with Gasteiger partial charge in [-0.1, -0.05) is 6.08 Å². The van der Waals surface area contributed by atoms with Gasteiger partial charge in [-0.2, -0.15) is 0 Å². The Morgan fingerprint density at radius 3 is 1.62 bits per heavy atom. The van der Waals surface area contributed by atoms with E-state index < -0.39 is 17.8 Å². The molecule has 0 aromatic heterocycles. The molecule has 0 saturated heterocycles. The van der Waals surface area contributed by atoms with Crippen molar-refractivity contribution in [1.82, 2.24) is 4.90 Å². The van der Waals surface area contributed by atoms with Crippen molar-refractivity contribution >= 4 is 17.8 Å². The zero-order chi connectivity index (χ0) is 10.6. The number of rotatable bonds is 2. The van der Waals surface area contributed by atoms with Crippen LogP contribution in [0.1, 0.15) is 20.8 Å². The number of allylic oxidation sites excluding steroid dienone is 1. The Morgan fingerprint density at radius 1 is 1.15 bits per heavy atom. The molecule has 0 unspecified atom stereocenters. The molecule has 0 atom stereocenters. The summed E-state index contributed by atoms with van der Waals surface area (Å²) in [6, 6.07) is 0. The number of imide groups is 1. The second-order valence-electron chi connectivity index (χ2n) is 2.35. The second kappa shape index (κ2) is 4.39. The van der Waals surface area contributed by atoms with Crippen molar-refractivity contribution in [2.75, 3.05) is 0 Å². The summed E-state index contributed by atoms with van der Waals surface area (Å²) < 4.78 is 0. The number of carbonyl (C=O) groups is 3. The third-order valence-corrected chi connectivity index (χ3v) is 1.36. The molecule has 5 heteroatoms. The Labute approximate surface area is 75.6 Å². The summed E-state index contributed by atoms with van der Waals surface area (Å²) in [5.41, 5.74) is -0.319. The molecule has 1 N–H and O–H groups in total. The lowest BCUT2D eigenvalue weighted by Crippen LogP contribution is -2.35. The van der Waals surface area contributed by atoms with Crippen LogP contribution in [0, 0.1) is 0 Å². The highest BCUT2D eigenvalue weighted by molar-refractivity contribution is 6.02. The minimum Gasteiger partial charge on any atom is -0.477 e. The molecule has 0 rings (SSSR count). The third-order valence-electron chi connectivity index (χ3n) is 1.36. The topological polar surface area (TPSA) is 74.7 Å². The van der Waals surface area contributed by atoms with Gasteiger partial charge in [0.1, 0.15) is 5.70 Å². The van der Waals surface area contributed by atoms with Gasteiger partial charge in [-0.3, -0.25) is 9.59 Å². The van der Waals surface area contributed by atoms with Crippen LogP contribution in [-0.4, -0.2) is 27.8 Å². The first-order valence-electron chi connectivity index (χ1n) is 3.62. The molecule has 0 radical (unpaired) electrons. The lowest BCUT2D eigenvalue weighted by atomic mass is 10.3. The SMILES string of the molecule is C/C=C(/C(=O)O)N(C(C)=O)C(C)=O. The molecule has 0 bridgehead atoms. The van der Waals surface area contributed by atoms with Gasteiger partial charge < -0.3 is 5.11 Å². The first-order valence-corrected chi connectivity index (χ1v) is 3.62. The highest BCUT2D eigenvalue weighted by Crippen LogP contribution is 2.05. The Hall–Kier alpha value is -1.65. The summed E-state index contributed by atoms with van der Waals surface area (Å²) in [4.78, 5) is 33.0. The van der Waals surface area contributed by atoms with Gasteiger partial charge in [0, 0.05) is 13.8 Å². The number of carboxylic acid groups (broad SMARTS) is 1. The average Bonchev–Trinajstić information content (AvgIpc) is 1.97. The summed E-state index contributed by atoms with van der Waals surface area (Å²) in [5, 5.41) is 8.63. The van der Waals surface area contributed by atoms with E-state index in [4.69, 9.17) is 5.11 Å². The lowest BCUT2D eigenvalue weighted by molar-refractivity contribution is -0.146. The van der Waals surface area contributed by atoms with Crippen LogP contribution in [0.3, 0.4) is 0 Å². The van der Waals surface area contributed by atoms with Crippen LogP contribution in [0.4, 0.5) is 0 Å². The quantitative estimate of drug-likeness (QED) is 0.630. The lowest BCUT2D eigenvalue weighted by Gasteiger charge is -2.16. The minimum absolute atomic E-state index is 0.319. The summed E-state index contributed by atoms with van der Waals surface area (Å²) in [6.07, 6.45) is 1.20. The van der Waals surface area contributed by atoms with E-state index in [9.17, 15) is 14.4 Å². The summed E-state index contributed by atoms with van der Waals surface area (Å²) in [6.45, 7) is 3.71. The fourth-order valence-corrected chi connectivity index (χ4v) is 0.909. The molecule has 13 heavy (non-hydrogen) atoms. The zero-order valence-corrected chi connectivity index (χ0v) is 7.70. The van der Waals surface area contributed by atoms with Gasteiger partial charge in [0.05, 0.1) is 0 Å². The molecule has 0 fully saturated rings. The molecular weight excluding hydrogens is 174 g/mol. The van der Waals surface area contributed by atoms with E-state index in [1.54, 1.807) is 0 Å². The van der Waals surface area contributed by atoms with E-state index >= 15 is 0 Å². The van der Waals surface area contributed by atoms with Gasteiger partial charge in [-0.15, -0.1) is 0 Å². The van der Waals surface area contributed by atoms with Gasteiger partial charge >= 0.3 is 5.97 Å². The molecule has 0 saturated carbocycles. The van der Waals surface area contributed by atoms with E-state index in [-0.39, 0.29) is 5.70 Å². The fraction of sp³-hybridized carbons (Fsp3) is 0.375. The molecular formula is C8H11NO4. The minimum atomic E-state index is -1.30. The average molecular weight is 185 g/mol. The van der Waals surface area contributed by atoms with Gasteiger partial charge in [0.15, 0.2) is 0 Å². The number of carboxylic acids is 1. The van der Waals surface area contributed by atoms with Crippen molar-refractivity contribution in [3.63, 3.8) is 0 Å². The largest absolute Gasteiger partial charge is 0.477 e. The van der Waals surface area contributed by atoms with E-state index in [0.717, 1.165) is 13.8 Å². The number of aliphatic carboxylic acids is 1.